The highest BCUT2D eigenvalue weighted by Crippen LogP contribution is 2.23. The van der Waals surface area contributed by atoms with Crippen molar-refractivity contribution in [3.8, 4) is 0 Å². The van der Waals surface area contributed by atoms with Crippen molar-refractivity contribution in [3.63, 3.8) is 0 Å². The van der Waals surface area contributed by atoms with Crippen LogP contribution >= 0.6 is 0 Å². The number of nitrogens with two attached hydrogens (primary N) is 1. The molecule has 0 atom stereocenters. The zero-order valence-corrected chi connectivity index (χ0v) is 18.1. The molecule has 0 aliphatic heterocycles. The van der Waals surface area contributed by atoms with Gasteiger partial charge in [0.05, 0.1) is 11.3 Å². The molecule has 0 bridgehead atoms. The fourth-order valence-electron chi connectivity index (χ4n) is 3.22. The summed E-state index contributed by atoms with van der Waals surface area (Å²) in [5.74, 6) is -0.359. The van der Waals surface area contributed by atoms with E-state index in [1.165, 1.54) is 27.7 Å². The van der Waals surface area contributed by atoms with Gasteiger partial charge in [-0.05, 0) is 18.8 Å². The van der Waals surface area contributed by atoms with Crippen molar-refractivity contribution in [2.75, 3.05) is 17.2 Å². The summed E-state index contributed by atoms with van der Waals surface area (Å²) < 4.78 is 1.25. The number of anilines is 2. The average molecular weight is 431 g/mol. The Balaban J connectivity index is 2.52. The fraction of sp³-hybridized carbons (Fsp3) is 0.476. The van der Waals surface area contributed by atoms with Crippen LogP contribution in [0.15, 0.2) is 33.9 Å². The van der Waals surface area contributed by atoms with Gasteiger partial charge < -0.3 is 10.6 Å². The summed E-state index contributed by atoms with van der Waals surface area (Å²) in [7, 11) is 0. The number of unbranched alkanes of at least 4 members (excludes halogenated alkanes) is 1. The van der Waals surface area contributed by atoms with Crippen LogP contribution in [0, 0.1) is 16.0 Å². The van der Waals surface area contributed by atoms with Crippen molar-refractivity contribution in [1.82, 2.24) is 9.55 Å². The maximum atomic E-state index is 13.2. The third-order valence-corrected chi connectivity index (χ3v) is 4.98. The second-order valence-electron chi connectivity index (χ2n) is 7.79. The minimum absolute atomic E-state index is 0.0816. The highest BCUT2D eigenvalue weighted by molar-refractivity contribution is 5.97. The second kappa shape index (κ2) is 10.6. The number of hydrogen-bond acceptors (Lipinski definition) is 6. The number of aromatic nitrogens is 2. The van der Waals surface area contributed by atoms with E-state index in [2.05, 4.69) is 4.98 Å². The highest BCUT2D eigenvalue weighted by atomic mass is 16.6. The summed E-state index contributed by atoms with van der Waals surface area (Å²) in [5.41, 5.74) is 4.77. The summed E-state index contributed by atoms with van der Waals surface area (Å²) in [4.78, 5) is 52.4. The first kappa shape index (κ1) is 23.8. The molecule has 2 rings (SSSR count). The van der Waals surface area contributed by atoms with Gasteiger partial charge in [0.25, 0.3) is 11.2 Å². The van der Waals surface area contributed by atoms with Gasteiger partial charge in [-0.2, -0.15) is 0 Å². The number of benzene rings is 1. The lowest BCUT2D eigenvalue weighted by molar-refractivity contribution is -0.385. The number of carbonyl (C=O) groups is 1. The molecule has 0 aliphatic carbocycles. The molecule has 1 heterocycles. The van der Waals surface area contributed by atoms with E-state index in [-0.39, 0.29) is 41.6 Å². The topological polar surface area (TPSA) is 144 Å². The number of amides is 1. The molecule has 0 spiro atoms. The smallest absolute Gasteiger partial charge is 0.330 e. The van der Waals surface area contributed by atoms with Gasteiger partial charge >= 0.3 is 5.69 Å². The van der Waals surface area contributed by atoms with Crippen molar-refractivity contribution in [2.45, 2.75) is 53.0 Å². The van der Waals surface area contributed by atoms with Gasteiger partial charge in [0.2, 0.25) is 5.91 Å². The number of carbonyl (C=O) groups excluding carboxylic acids is 1. The van der Waals surface area contributed by atoms with Crippen LogP contribution in [0.4, 0.5) is 17.2 Å². The van der Waals surface area contributed by atoms with E-state index >= 15 is 0 Å². The third kappa shape index (κ3) is 5.80. The molecule has 1 amide bonds. The van der Waals surface area contributed by atoms with Crippen LogP contribution in [-0.2, 0) is 17.8 Å². The predicted molar refractivity (Wildman–Crippen MR) is 119 cm³/mol. The van der Waals surface area contributed by atoms with Crippen LogP contribution in [0.1, 0.15) is 45.6 Å². The number of nitro groups is 1. The van der Waals surface area contributed by atoms with Crippen molar-refractivity contribution in [3.05, 3.63) is 60.8 Å². The van der Waals surface area contributed by atoms with Crippen molar-refractivity contribution < 1.29 is 9.72 Å². The monoisotopic (exact) mass is 431 g/mol. The van der Waals surface area contributed by atoms with E-state index in [9.17, 15) is 24.5 Å². The molecule has 0 unspecified atom stereocenters. The Morgan fingerprint density at radius 1 is 1.29 bits per heavy atom. The summed E-state index contributed by atoms with van der Waals surface area (Å²) >= 11 is 0. The molecule has 0 saturated carbocycles. The molecule has 0 saturated heterocycles. The number of nitrogens with one attached hydrogen (secondary N) is 1. The first-order valence-electron chi connectivity index (χ1n) is 10.3. The summed E-state index contributed by atoms with van der Waals surface area (Å²) in [5, 5.41) is 11.3. The van der Waals surface area contributed by atoms with Crippen LogP contribution in [0.2, 0.25) is 0 Å². The Bertz CT molecular complexity index is 1060. The molecule has 10 heteroatoms. The fourth-order valence-corrected chi connectivity index (χ4v) is 3.22. The van der Waals surface area contributed by atoms with Gasteiger partial charge in [-0.15, -0.1) is 0 Å². The number of rotatable bonds is 10. The SMILES string of the molecule is CCCCn1c(N)c(N(CCC(C)C)C(=O)Cc2ccccc2[N+](=O)[O-])c(=O)[nH]c1=O. The minimum Gasteiger partial charge on any atom is -0.383 e. The third-order valence-electron chi connectivity index (χ3n) is 4.98. The minimum atomic E-state index is -0.755. The van der Waals surface area contributed by atoms with E-state index < -0.39 is 22.1 Å². The van der Waals surface area contributed by atoms with E-state index in [0.717, 1.165) is 6.42 Å². The van der Waals surface area contributed by atoms with E-state index in [0.29, 0.717) is 19.4 Å². The standard InChI is InChI=1S/C21H29N5O5/c1-4-5-11-25-19(22)18(20(28)23-21(25)29)24(12-10-14(2)3)17(27)13-15-8-6-7-9-16(15)26(30)31/h6-9,14H,4-5,10-13,22H2,1-3H3,(H,23,28,29). The molecule has 0 radical (unpaired) electrons. The van der Waals surface area contributed by atoms with E-state index in [4.69, 9.17) is 5.73 Å². The molecule has 0 aliphatic rings. The zero-order valence-electron chi connectivity index (χ0n) is 18.1. The van der Waals surface area contributed by atoms with Crippen LogP contribution in [0.5, 0.6) is 0 Å². The molecular formula is C21H29N5O5. The Hall–Kier alpha value is -3.43. The summed E-state index contributed by atoms with van der Waals surface area (Å²) in [6.45, 7) is 6.40. The average Bonchev–Trinajstić information content (AvgIpc) is 2.70. The van der Waals surface area contributed by atoms with Crippen molar-refractivity contribution in [2.24, 2.45) is 5.92 Å². The van der Waals surface area contributed by atoms with Gasteiger partial charge in [0, 0.05) is 24.7 Å². The number of aromatic amines is 1. The van der Waals surface area contributed by atoms with E-state index in [1.54, 1.807) is 6.07 Å². The van der Waals surface area contributed by atoms with Gasteiger partial charge in [0.15, 0.2) is 5.69 Å². The zero-order chi connectivity index (χ0) is 23.1. The molecule has 2 aromatic rings. The molecular weight excluding hydrogens is 402 g/mol. The quantitative estimate of drug-likeness (QED) is 0.437. The Morgan fingerprint density at radius 2 is 1.97 bits per heavy atom. The number of hydrogen-bond donors (Lipinski definition) is 2. The number of nitro benzene ring substituents is 1. The van der Waals surface area contributed by atoms with Crippen LogP contribution < -0.4 is 21.9 Å². The van der Waals surface area contributed by atoms with Gasteiger partial charge in [-0.3, -0.25) is 29.3 Å². The molecule has 1 aromatic heterocycles. The second-order valence-corrected chi connectivity index (χ2v) is 7.79. The molecule has 3 N–H and O–H groups in total. The maximum Gasteiger partial charge on any atom is 0.330 e. The molecule has 10 nitrogen and oxygen atoms in total. The Kier molecular flexibility index (Phi) is 8.12. The molecule has 168 valence electrons. The van der Waals surface area contributed by atoms with Crippen molar-refractivity contribution >= 4 is 23.1 Å². The first-order valence-corrected chi connectivity index (χ1v) is 10.3. The first-order chi connectivity index (χ1) is 14.7. The van der Waals surface area contributed by atoms with Crippen LogP contribution in [-0.4, -0.2) is 26.9 Å². The highest BCUT2D eigenvalue weighted by Gasteiger charge is 2.26. The van der Waals surface area contributed by atoms with Crippen LogP contribution in [0.25, 0.3) is 0 Å². The number of para-hydroxylation sites is 1. The maximum absolute atomic E-state index is 13.2. The molecule has 31 heavy (non-hydrogen) atoms. The molecule has 0 fully saturated rings. The largest absolute Gasteiger partial charge is 0.383 e. The lowest BCUT2D eigenvalue weighted by Crippen LogP contribution is -2.42. The number of H-pyrrole nitrogens is 1. The number of nitrogen functional groups attached to an aromatic ring is 1. The van der Waals surface area contributed by atoms with Gasteiger partial charge in [-0.25, -0.2) is 4.79 Å². The normalized spacial score (nSPS) is 11.0. The number of nitrogens with zero attached hydrogens (tertiary/aromatic N) is 3. The predicted octanol–water partition coefficient (Wildman–Crippen LogP) is 2.45. The van der Waals surface area contributed by atoms with Crippen molar-refractivity contribution in [1.29, 1.82) is 0 Å². The van der Waals surface area contributed by atoms with E-state index in [1.807, 2.05) is 20.8 Å². The summed E-state index contributed by atoms with van der Waals surface area (Å²) in [6, 6.07) is 5.97. The lowest BCUT2D eigenvalue weighted by atomic mass is 10.1. The Labute approximate surface area is 179 Å². The van der Waals surface area contributed by atoms with Gasteiger partial charge in [0.1, 0.15) is 5.82 Å². The molecule has 1 aromatic carbocycles. The lowest BCUT2D eigenvalue weighted by Gasteiger charge is -2.25. The van der Waals surface area contributed by atoms with Gasteiger partial charge in [-0.1, -0.05) is 45.4 Å². The summed E-state index contributed by atoms with van der Waals surface area (Å²) in [6.07, 6.45) is 1.79. The van der Waals surface area contributed by atoms with Crippen LogP contribution in [0.3, 0.4) is 0 Å². The Morgan fingerprint density at radius 3 is 2.58 bits per heavy atom.